The summed E-state index contributed by atoms with van der Waals surface area (Å²) in [7, 11) is 0. The number of likely N-dealkylation sites (tertiary alicyclic amines) is 1. The van der Waals surface area contributed by atoms with Gasteiger partial charge in [-0.3, -0.25) is 4.99 Å². The molecule has 1 atom stereocenters. The normalized spacial score (nSPS) is 22.9. The van der Waals surface area contributed by atoms with Crippen molar-refractivity contribution in [3.8, 4) is 0 Å². The van der Waals surface area contributed by atoms with Gasteiger partial charge >= 0.3 is 0 Å². The molecule has 1 aliphatic carbocycles. The molecule has 1 saturated heterocycles. The third-order valence-electron chi connectivity index (χ3n) is 4.99. The summed E-state index contributed by atoms with van der Waals surface area (Å²) in [5.74, 6) is 1.93. The average molecular weight is 465 g/mol. The first-order chi connectivity index (χ1) is 11.5. The molecule has 25 heavy (non-hydrogen) atoms. The van der Waals surface area contributed by atoms with Crippen LogP contribution in [0.25, 0.3) is 0 Å². The molecule has 2 fully saturated rings. The zero-order chi connectivity index (χ0) is 17.4. The highest BCUT2D eigenvalue weighted by Gasteiger charge is 2.26. The average Bonchev–Trinajstić information content (AvgIpc) is 3.15. The van der Waals surface area contributed by atoms with Gasteiger partial charge in [0, 0.05) is 44.3 Å². The summed E-state index contributed by atoms with van der Waals surface area (Å²) < 4.78 is 0. The minimum atomic E-state index is 0. The van der Waals surface area contributed by atoms with Crippen LogP contribution in [0.4, 0.5) is 0 Å². The van der Waals surface area contributed by atoms with E-state index in [1.54, 1.807) is 0 Å². The molecule has 5 nitrogen and oxygen atoms in total. The van der Waals surface area contributed by atoms with Crippen LogP contribution in [0.3, 0.4) is 0 Å². The summed E-state index contributed by atoms with van der Waals surface area (Å²) in [5.41, 5.74) is 0.160. The summed E-state index contributed by atoms with van der Waals surface area (Å²) in [4.78, 5) is 7.37. The SMILES string of the molecule is CCNC(=NCCNC(C)(C)C)NC1CCN(CC2CCCC2)C1.I. The van der Waals surface area contributed by atoms with E-state index in [0.717, 1.165) is 31.5 Å². The minimum absolute atomic E-state index is 0. The maximum atomic E-state index is 4.72. The molecule has 148 valence electrons. The zero-order valence-corrected chi connectivity index (χ0v) is 19.1. The predicted molar refractivity (Wildman–Crippen MR) is 119 cm³/mol. The first-order valence-corrected chi connectivity index (χ1v) is 9.98. The molecule has 0 aromatic carbocycles. The monoisotopic (exact) mass is 465 g/mol. The Bertz CT molecular complexity index is 388. The van der Waals surface area contributed by atoms with E-state index >= 15 is 0 Å². The number of aliphatic imine (C=N–C) groups is 1. The van der Waals surface area contributed by atoms with Crippen molar-refractivity contribution in [2.24, 2.45) is 10.9 Å². The molecule has 0 bridgehead atoms. The van der Waals surface area contributed by atoms with Crippen LogP contribution < -0.4 is 16.0 Å². The van der Waals surface area contributed by atoms with Gasteiger partial charge in [-0.15, -0.1) is 24.0 Å². The van der Waals surface area contributed by atoms with Gasteiger partial charge < -0.3 is 20.9 Å². The molecule has 0 aromatic rings. The second-order valence-electron chi connectivity index (χ2n) is 8.48. The van der Waals surface area contributed by atoms with Gasteiger partial charge in [0.05, 0.1) is 6.54 Å². The van der Waals surface area contributed by atoms with Crippen molar-refractivity contribution in [2.45, 2.75) is 71.4 Å². The van der Waals surface area contributed by atoms with Gasteiger partial charge in [0.2, 0.25) is 0 Å². The molecule has 1 heterocycles. The molecule has 6 heteroatoms. The molecule has 0 amide bonds. The first kappa shape index (κ1) is 23.0. The molecule has 0 radical (unpaired) electrons. The quantitative estimate of drug-likeness (QED) is 0.234. The second kappa shape index (κ2) is 11.6. The standard InChI is InChI=1S/C19H39N5.HI/c1-5-20-18(21-11-12-22-19(2,3)4)23-17-10-13-24(15-17)14-16-8-6-7-9-16;/h16-17,22H,5-15H2,1-4H3,(H2,20,21,23);1H. The fourth-order valence-corrected chi connectivity index (χ4v) is 3.79. The lowest BCUT2D eigenvalue weighted by atomic mass is 10.1. The van der Waals surface area contributed by atoms with Crippen molar-refractivity contribution in [1.82, 2.24) is 20.9 Å². The van der Waals surface area contributed by atoms with E-state index in [0.29, 0.717) is 6.04 Å². The molecule has 1 unspecified atom stereocenters. The number of hydrogen-bond acceptors (Lipinski definition) is 3. The van der Waals surface area contributed by atoms with Gasteiger partial charge in [0.1, 0.15) is 0 Å². The number of halogens is 1. The molecule has 0 aromatic heterocycles. The lowest BCUT2D eigenvalue weighted by Gasteiger charge is -2.22. The van der Waals surface area contributed by atoms with Crippen molar-refractivity contribution in [2.75, 3.05) is 39.3 Å². The maximum absolute atomic E-state index is 4.72. The molecule has 1 aliphatic heterocycles. The molecule has 0 spiro atoms. The Kier molecular flexibility index (Phi) is 10.6. The van der Waals surface area contributed by atoms with E-state index in [2.05, 4.69) is 48.5 Å². The Morgan fingerprint density at radius 1 is 1.16 bits per heavy atom. The number of rotatable bonds is 7. The summed E-state index contributed by atoms with van der Waals surface area (Å²) >= 11 is 0. The van der Waals surface area contributed by atoms with Crippen LogP contribution in [0.1, 0.15) is 59.8 Å². The van der Waals surface area contributed by atoms with Crippen LogP contribution in [0, 0.1) is 5.92 Å². The fraction of sp³-hybridized carbons (Fsp3) is 0.947. The van der Waals surface area contributed by atoms with E-state index in [4.69, 9.17) is 4.99 Å². The van der Waals surface area contributed by atoms with Crippen molar-refractivity contribution in [3.63, 3.8) is 0 Å². The van der Waals surface area contributed by atoms with Crippen LogP contribution in [0.15, 0.2) is 4.99 Å². The second-order valence-corrected chi connectivity index (χ2v) is 8.48. The number of hydrogen-bond donors (Lipinski definition) is 3. The van der Waals surface area contributed by atoms with E-state index in [1.807, 2.05) is 0 Å². The summed E-state index contributed by atoms with van der Waals surface area (Å²) in [6.07, 6.45) is 7.01. The summed E-state index contributed by atoms with van der Waals surface area (Å²) in [5, 5.41) is 10.5. The van der Waals surface area contributed by atoms with Gasteiger partial charge in [0.25, 0.3) is 0 Å². The predicted octanol–water partition coefficient (Wildman–Crippen LogP) is 2.81. The van der Waals surface area contributed by atoms with E-state index in [-0.39, 0.29) is 29.5 Å². The molecule has 2 rings (SSSR count). The van der Waals surface area contributed by atoms with E-state index in [9.17, 15) is 0 Å². The van der Waals surface area contributed by atoms with Gasteiger partial charge in [0.15, 0.2) is 5.96 Å². The lowest BCUT2D eigenvalue weighted by Crippen LogP contribution is -2.45. The maximum Gasteiger partial charge on any atom is 0.191 e. The third-order valence-corrected chi connectivity index (χ3v) is 4.99. The van der Waals surface area contributed by atoms with Crippen LogP contribution >= 0.6 is 24.0 Å². The number of guanidine groups is 1. The molecule has 2 aliphatic rings. The Morgan fingerprint density at radius 3 is 2.52 bits per heavy atom. The van der Waals surface area contributed by atoms with Crippen molar-refractivity contribution >= 4 is 29.9 Å². The van der Waals surface area contributed by atoms with Crippen molar-refractivity contribution in [3.05, 3.63) is 0 Å². The summed E-state index contributed by atoms with van der Waals surface area (Å²) in [6, 6.07) is 0.541. The summed E-state index contributed by atoms with van der Waals surface area (Å²) in [6.45, 7) is 15.1. The first-order valence-electron chi connectivity index (χ1n) is 9.98. The van der Waals surface area contributed by atoms with Crippen LogP contribution in [-0.4, -0.2) is 61.7 Å². The Morgan fingerprint density at radius 2 is 1.88 bits per heavy atom. The number of nitrogens with one attached hydrogen (secondary N) is 3. The van der Waals surface area contributed by atoms with Crippen molar-refractivity contribution in [1.29, 1.82) is 0 Å². The van der Waals surface area contributed by atoms with Crippen LogP contribution in [-0.2, 0) is 0 Å². The Balaban J connectivity index is 0.00000312. The Labute approximate surface area is 172 Å². The topological polar surface area (TPSA) is 51.7 Å². The minimum Gasteiger partial charge on any atom is -0.357 e. The van der Waals surface area contributed by atoms with Crippen LogP contribution in [0.5, 0.6) is 0 Å². The van der Waals surface area contributed by atoms with Gasteiger partial charge in [-0.1, -0.05) is 12.8 Å². The highest BCUT2D eigenvalue weighted by Crippen LogP contribution is 2.26. The molecule has 3 N–H and O–H groups in total. The fourth-order valence-electron chi connectivity index (χ4n) is 3.79. The van der Waals surface area contributed by atoms with Gasteiger partial charge in [-0.05, 0) is 52.9 Å². The van der Waals surface area contributed by atoms with E-state index < -0.39 is 0 Å². The third kappa shape index (κ3) is 9.43. The van der Waals surface area contributed by atoms with Crippen molar-refractivity contribution < 1.29 is 0 Å². The highest BCUT2D eigenvalue weighted by atomic mass is 127. The largest absolute Gasteiger partial charge is 0.357 e. The zero-order valence-electron chi connectivity index (χ0n) is 16.7. The lowest BCUT2D eigenvalue weighted by molar-refractivity contribution is 0.275. The number of nitrogens with zero attached hydrogens (tertiary/aromatic N) is 2. The van der Waals surface area contributed by atoms with Gasteiger partial charge in [-0.25, -0.2) is 0 Å². The Hall–Kier alpha value is -0.0800. The highest BCUT2D eigenvalue weighted by molar-refractivity contribution is 14.0. The molecular weight excluding hydrogens is 425 g/mol. The smallest absolute Gasteiger partial charge is 0.191 e. The molecular formula is C19H40IN5. The van der Waals surface area contributed by atoms with Crippen LogP contribution in [0.2, 0.25) is 0 Å². The molecule has 1 saturated carbocycles. The van der Waals surface area contributed by atoms with Gasteiger partial charge in [-0.2, -0.15) is 0 Å². The van der Waals surface area contributed by atoms with E-state index in [1.165, 1.54) is 51.7 Å².